The number of benzene rings is 2. The summed E-state index contributed by atoms with van der Waals surface area (Å²) < 4.78 is 28.4. The standard InChI is InChI=1S/C19H23NO4S/c1-15-7-9-18(10-8-15)24-12-11-20(2)19(21)17-6-4-5-16(13-17)14-25(3,22)23/h4-10,13H,11-12,14H2,1-3H3. The van der Waals surface area contributed by atoms with Crippen molar-refractivity contribution in [1.29, 1.82) is 0 Å². The molecular formula is C19H23NO4S. The fraction of sp³-hybridized carbons (Fsp3) is 0.316. The molecule has 0 atom stereocenters. The second-order valence-electron chi connectivity index (χ2n) is 6.16. The van der Waals surface area contributed by atoms with Crippen LogP contribution in [0, 0.1) is 6.92 Å². The van der Waals surface area contributed by atoms with Crippen LogP contribution in [0.25, 0.3) is 0 Å². The molecule has 6 heteroatoms. The minimum absolute atomic E-state index is 0.0750. The molecule has 0 unspecified atom stereocenters. The van der Waals surface area contributed by atoms with Gasteiger partial charge in [-0.2, -0.15) is 0 Å². The third-order valence-electron chi connectivity index (χ3n) is 3.67. The van der Waals surface area contributed by atoms with E-state index in [9.17, 15) is 13.2 Å². The smallest absolute Gasteiger partial charge is 0.253 e. The molecule has 134 valence electrons. The van der Waals surface area contributed by atoms with Gasteiger partial charge in [0.2, 0.25) is 0 Å². The molecule has 5 nitrogen and oxygen atoms in total. The van der Waals surface area contributed by atoms with Crippen molar-refractivity contribution < 1.29 is 17.9 Å². The quantitative estimate of drug-likeness (QED) is 0.761. The van der Waals surface area contributed by atoms with E-state index in [4.69, 9.17) is 4.74 Å². The van der Waals surface area contributed by atoms with Gasteiger partial charge < -0.3 is 9.64 Å². The molecular weight excluding hydrogens is 338 g/mol. The summed E-state index contributed by atoms with van der Waals surface area (Å²) in [5, 5.41) is 0. The Balaban J connectivity index is 1.93. The number of ether oxygens (including phenoxy) is 1. The number of sulfone groups is 1. The van der Waals surface area contributed by atoms with Crippen molar-refractivity contribution in [2.45, 2.75) is 12.7 Å². The van der Waals surface area contributed by atoms with Gasteiger partial charge in [0.25, 0.3) is 5.91 Å². The molecule has 2 aromatic rings. The maximum absolute atomic E-state index is 12.5. The van der Waals surface area contributed by atoms with Crippen molar-refractivity contribution in [3.05, 3.63) is 65.2 Å². The summed E-state index contributed by atoms with van der Waals surface area (Å²) in [5.74, 6) is 0.526. The van der Waals surface area contributed by atoms with Gasteiger partial charge in [-0.15, -0.1) is 0 Å². The number of hydrogen-bond acceptors (Lipinski definition) is 4. The van der Waals surface area contributed by atoms with E-state index in [-0.39, 0.29) is 11.7 Å². The van der Waals surface area contributed by atoms with E-state index in [2.05, 4.69) is 0 Å². The van der Waals surface area contributed by atoms with Gasteiger partial charge in [0.15, 0.2) is 9.84 Å². The Bertz CT molecular complexity index is 829. The van der Waals surface area contributed by atoms with Gasteiger partial charge in [0.1, 0.15) is 12.4 Å². The molecule has 0 spiro atoms. The summed E-state index contributed by atoms with van der Waals surface area (Å²) in [6.45, 7) is 2.82. The number of carbonyl (C=O) groups excluding carboxylic acids is 1. The highest BCUT2D eigenvalue weighted by Gasteiger charge is 2.13. The maximum atomic E-state index is 12.5. The van der Waals surface area contributed by atoms with Crippen molar-refractivity contribution in [3.8, 4) is 5.75 Å². The highest BCUT2D eigenvalue weighted by Crippen LogP contribution is 2.13. The zero-order valence-corrected chi connectivity index (χ0v) is 15.5. The summed E-state index contributed by atoms with van der Waals surface area (Å²) in [4.78, 5) is 14.0. The van der Waals surface area contributed by atoms with Crippen LogP contribution in [0.2, 0.25) is 0 Å². The monoisotopic (exact) mass is 361 g/mol. The molecule has 0 saturated heterocycles. The molecule has 0 heterocycles. The van der Waals surface area contributed by atoms with Gasteiger partial charge in [-0.25, -0.2) is 8.42 Å². The van der Waals surface area contributed by atoms with Gasteiger partial charge in [0.05, 0.1) is 12.3 Å². The van der Waals surface area contributed by atoms with Crippen LogP contribution in [0.3, 0.4) is 0 Å². The summed E-state index contributed by atoms with van der Waals surface area (Å²) in [7, 11) is -1.43. The van der Waals surface area contributed by atoms with Crippen LogP contribution in [0.5, 0.6) is 5.75 Å². The van der Waals surface area contributed by atoms with Crippen molar-refractivity contribution in [2.75, 3.05) is 26.5 Å². The first-order valence-electron chi connectivity index (χ1n) is 7.96. The Kier molecular flexibility index (Phi) is 6.20. The van der Waals surface area contributed by atoms with E-state index in [1.165, 1.54) is 6.26 Å². The zero-order valence-electron chi connectivity index (χ0n) is 14.7. The largest absolute Gasteiger partial charge is 0.492 e. The summed E-state index contributed by atoms with van der Waals surface area (Å²) in [6, 6.07) is 14.4. The lowest BCUT2D eigenvalue weighted by molar-refractivity contribution is 0.0773. The van der Waals surface area contributed by atoms with E-state index in [1.54, 1.807) is 36.2 Å². The van der Waals surface area contributed by atoms with Crippen LogP contribution in [0.15, 0.2) is 48.5 Å². The van der Waals surface area contributed by atoms with Crippen LogP contribution < -0.4 is 4.74 Å². The molecule has 0 fully saturated rings. The zero-order chi connectivity index (χ0) is 18.4. The highest BCUT2D eigenvalue weighted by molar-refractivity contribution is 7.89. The fourth-order valence-electron chi connectivity index (χ4n) is 2.35. The number of nitrogens with zero attached hydrogens (tertiary/aromatic N) is 1. The first kappa shape index (κ1) is 19.0. The van der Waals surface area contributed by atoms with Crippen molar-refractivity contribution >= 4 is 15.7 Å². The van der Waals surface area contributed by atoms with Gasteiger partial charge in [0, 0.05) is 18.9 Å². The van der Waals surface area contributed by atoms with E-state index < -0.39 is 9.84 Å². The van der Waals surface area contributed by atoms with E-state index >= 15 is 0 Å². The van der Waals surface area contributed by atoms with Crippen LogP contribution >= 0.6 is 0 Å². The Hall–Kier alpha value is -2.34. The van der Waals surface area contributed by atoms with Gasteiger partial charge >= 0.3 is 0 Å². The molecule has 2 rings (SSSR count). The van der Waals surface area contributed by atoms with E-state index in [0.29, 0.717) is 24.3 Å². The predicted molar refractivity (Wildman–Crippen MR) is 98.6 cm³/mol. The number of hydrogen-bond donors (Lipinski definition) is 0. The number of rotatable bonds is 7. The fourth-order valence-corrected chi connectivity index (χ4v) is 3.14. The molecule has 0 radical (unpaired) electrons. The molecule has 0 saturated carbocycles. The van der Waals surface area contributed by atoms with Crippen molar-refractivity contribution in [1.82, 2.24) is 4.90 Å². The Morgan fingerprint density at radius 1 is 1.12 bits per heavy atom. The third-order valence-corrected chi connectivity index (χ3v) is 4.52. The minimum atomic E-state index is -3.13. The molecule has 0 aliphatic heterocycles. The first-order valence-corrected chi connectivity index (χ1v) is 10.0. The Morgan fingerprint density at radius 2 is 1.80 bits per heavy atom. The summed E-state index contributed by atoms with van der Waals surface area (Å²) >= 11 is 0. The average Bonchev–Trinajstić information content (AvgIpc) is 2.54. The van der Waals surface area contributed by atoms with Crippen molar-refractivity contribution in [3.63, 3.8) is 0 Å². The molecule has 25 heavy (non-hydrogen) atoms. The number of aryl methyl sites for hydroxylation is 1. The van der Waals surface area contributed by atoms with Crippen molar-refractivity contribution in [2.24, 2.45) is 0 Å². The SMILES string of the molecule is Cc1ccc(OCCN(C)C(=O)c2cccc(CS(C)(=O)=O)c2)cc1. The van der Waals surface area contributed by atoms with Crippen LogP contribution in [0.1, 0.15) is 21.5 Å². The topological polar surface area (TPSA) is 63.7 Å². The van der Waals surface area contributed by atoms with Gasteiger partial charge in [-0.3, -0.25) is 4.79 Å². The molecule has 2 aromatic carbocycles. The number of carbonyl (C=O) groups is 1. The number of amides is 1. The van der Waals surface area contributed by atoms with Crippen LogP contribution in [-0.4, -0.2) is 45.7 Å². The second-order valence-corrected chi connectivity index (χ2v) is 8.30. The lowest BCUT2D eigenvalue weighted by Crippen LogP contribution is -2.31. The first-order chi connectivity index (χ1) is 11.7. The third kappa shape index (κ3) is 6.23. The second kappa shape index (κ2) is 8.16. The minimum Gasteiger partial charge on any atom is -0.492 e. The van der Waals surface area contributed by atoms with Crippen LogP contribution in [0.4, 0.5) is 0 Å². The molecule has 0 aliphatic rings. The highest BCUT2D eigenvalue weighted by atomic mass is 32.2. The van der Waals surface area contributed by atoms with Gasteiger partial charge in [-0.1, -0.05) is 29.8 Å². The summed E-state index contributed by atoms with van der Waals surface area (Å²) in [6.07, 6.45) is 1.18. The summed E-state index contributed by atoms with van der Waals surface area (Å²) in [5.41, 5.74) is 2.24. The molecule has 0 bridgehead atoms. The predicted octanol–water partition coefficient (Wildman–Crippen LogP) is 2.69. The lowest BCUT2D eigenvalue weighted by atomic mass is 10.1. The Labute approximate surface area is 149 Å². The van der Waals surface area contributed by atoms with Crippen LogP contribution in [-0.2, 0) is 15.6 Å². The average molecular weight is 361 g/mol. The molecule has 1 amide bonds. The molecule has 0 aliphatic carbocycles. The maximum Gasteiger partial charge on any atom is 0.253 e. The molecule has 0 aromatic heterocycles. The van der Waals surface area contributed by atoms with E-state index in [1.807, 2.05) is 31.2 Å². The molecule has 0 N–H and O–H groups in total. The van der Waals surface area contributed by atoms with E-state index in [0.717, 1.165) is 11.3 Å². The Morgan fingerprint density at radius 3 is 2.44 bits per heavy atom. The number of likely N-dealkylation sites (N-methyl/N-ethyl adjacent to an activating group) is 1. The lowest BCUT2D eigenvalue weighted by Gasteiger charge is -2.18. The normalized spacial score (nSPS) is 11.2. The van der Waals surface area contributed by atoms with Gasteiger partial charge in [-0.05, 0) is 36.8 Å².